The van der Waals surface area contributed by atoms with E-state index >= 15 is 0 Å². The molecule has 0 unspecified atom stereocenters. The van der Waals surface area contributed by atoms with Crippen LogP contribution in [0.5, 0.6) is 0 Å². The third-order valence-corrected chi connectivity index (χ3v) is 1.73. The van der Waals surface area contributed by atoms with E-state index < -0.39 is 0 Å². The molecular weight excluding hydrogens is 162 g/mol. The van der Waals surface area contributed by atoms with Gasteiger partial charge in [0.15, 0.2) is 0 Å². The van der Waals surface area contributed by atoms with Crippen molar-refractivity contribution in [1.82, 2.24) is 0 Å². The monoisotopic (exact) mass is 177 g/mol. The van der Waals surface area contributed by atoms with Crippen LogP contribution in [0.3, 0.4) is 0 Å². The highest BCUT2D eigenvalue weighted by atomic mass is 14.9. The summed E-state index contributed by atoms with van der Waals surface area (Å²) in [6.45, 7) is 5.07. The van der Waals surface area contributed by atoms with Gasteiger partial charge in [-0.25, -0.2) is 0 Å². The second-order valence-electron chi connectivity index (χ2n) is 2.82. The van der Waals surface area contributed by atoms with Crippen LogP contribution in [0.2, 0.25) is 0 Å². The molecule has 0 saturated carbocycles. The van der Waals surface area contributed by atoms with Gasteiger partial charge in [0.25, 0.3) is 0 Å². The van der Waals surface area contributed by atoms with Gasteiger partial charge in [0.2, 0.25) is 0 Å². The summed E-state index contributed by atoms with van der Waals surface area (Å²) >= 11 is 0. The number of hydrogen-bond donors (Lipinski definition) is 3. The minimum atomic E-state index is 0.588. The molecule has 0 aromatic heterocycles. The van der Waals surface area contributed by atoms with E-state index in [-0.39, 0.29) is 0 Å². The number of rotatable bonds is 4. The molecule has 0 fully saturated rings. The first-order valence-corrected chi connectivity index (χ1v) is 4.23. The molecule has 0 aliphatic carbocycles. The lowest BCUT2D eigenvalue weighted by Crippen LogP contribution is -2.12. The van der Waals surface area contributed by atoms with E-state index in [0.29, 0.717) is 12.2 Å². The SMILES string of the molecule is C=C(N)c1ccc(NCCN)cc1. The van der Waals surface area contributed by atoms with Gasteiger partial charge in [-0.05, 0) is 17.7 Å². The van der Waals surface area contributed by atoms with Crippen LogP contribution in [-0.4, -0.2) is 13.1 Å². The van der Waals surface area contributed by atoms with Crippen molar-refractivity contribution in [1.29, 1.82) is 0 Å². The molecule has 3 nitrogen and oxygen atoms in total. The molecule has 70 valence electrons. The lowest BCUT2D eigenvalue weighted by Gasteiger charge is -2.05. The zero-order valence-electron chi connectivity index (χ0n) is 7.59. The van der Waals surface area contributed by atoms with Crippen molar-refractivity contribution < 1.29 is 0 Å². The minimum absolute atomic E-state index is 0.588. The van der Waals surface area contributed by atoms with E-state index in [4.69, 9.17) is 11.5 Å². The molecule has 1 rings (SSSR count). The maximum Gasteiger partial charge on any atom is 0.0341 e. The molecule has 0 heterocycles. The van der Waals surface area contributed by atoms with Crippen LogP contribution < -0.4 is 16.8 Å². The average Bonchev–Trinajstić information content (AvgIpc) is 2.15. The zero-order chi connectivity index (χ0) is 9.68. The van der Waals surface area contributed by atoms with Crippen molar-refractivity contribution in [3.05, 3.63) is 36.4 Å². The number of benzene rings is 1. The van der Waals surface area contributed by atoms with Crippen molar-refractivity contribution in [2.75, 3.05) is 18.4 Å². The van der Waals surface area contributed by atoms with Crippen LogP contribution in [0.25, 0.3) is 5.70 Å². The van der Waals surface area contributed by atoms with Gasteiger partial charge >= 0.3 is 0 Å². The summed E-state index contributed by atoms with van der Waals surface area (Å²) < 4.78 is 0. The van der Waals surface area contributed by atoms with Gasteiger partial charge in [-0.3, -0.25) is 0 Å². The van der Waals surface area contributed by atoms with Gasteiger partial charge in [0.05, 0.1) is 0 Å². The first-order valence-electron chi connectivity index (χ1n) is 4.23. The maximum absolute atomic E-state index is 5.53. The van der Waals surface area contributed by atoms with Crippen LogP contribution in [0.4, 0.5) is 5.69 Å². The molecule has 0 bridgehead atoms. The fourth-order valence-electron chi connectivity index (χ4n) is 1.02. The van der Waals surface area contributed by atoms with Gasteiger partial charge < -0.3 is 16.8 Å². The second kappa shape index (κ2) is 4.52. The van der Waals surface area contributed by atoms with Gasteiger partial charge in [-0.1, -0.05) is 18.7 Å². The van der Waals surface area contributed by atoms with Crippen molar-refractivity contribution >= 4 is 11.4 Å². The normalized spacial score (nSPS) is 9.62. The molecule has 0 spiro atoms. The molecule has 0 saturated heterocycles. The summed E-state index contributed by atoms with van der Waals surface area (Å²) in [7, 11) is 0. The first kappa shape index (κ1) is 9.61. The van der Waals surface area contributed by atoms with E-state index in [1.807, 2.05) is 24.3 Å². The Labute approximate surface area is 78.4 Å². The third kappa shape index (κ3) is 2.80. The topological polar surface area (TPSA) is 64.1 Å². The molecule has 13 heavy (non-hydrogen) atoms. The molecule has 1 aromatic carbocycles. The highest BCUT2D eigenvalue weighted by Gasteiger charge is 1.93. The van der Waals surface area contributed by atoms with Gasteiger partial charge in [-0.15, -0.1) is 0 Å². The number of hydrogen-bond acceptors (Lipinski definition) is 3. The molecular formula is C10H15N3. The van der Waals surface area contributed by atoms with Crippen LogP contribution in [0, 0.1) is 0 Å². The predicted molar refractivity (Wildman–Crippen MR) is 57.2 cm³/mol. The third-order valence-electron chi connectivity index (χ3n) is 1.73. The summed E-state index contributed by atoms with van der Waals surface area (Å²) in [5, 5.41) is 3.16. The fraction of sp³-hybridized carbons (Fsp3) is 0.200. The van der Waals surface area contributed by atoms with Crippen molar-refractivity contribution in [2.45, 2.75) is 0 Å². The van der Waals surface area contributed by atoms with E-state index in [9.17, 15) is 0 Å². The lowest BCUT2D eigenvalue weighted by atomic mass is 10.1. The van der Waals surface area contributed by atoms with Gasteiger partial charge in [-0.2, -0.15) is 0 Å². The Morgan fingerprint density at radius 2 is 1.92 bits per heavy atom. The van der Waals surface area contributed by atoms with Crippen LogP contribution in [0.1, 0.15) is 5.56 Å². The first-order chi connectivity index (χ1) is 6.24. The molecule has 1 aromatic rings. The Morgan fingerprint density at radius 1 is 1.31 bits per heavy atom. The summed E-state index contributed by atoms with van der Waals surface area (Å²) in [5.74, 6) is 0. The van der Waals surface area contributed by atoms with Crippen molar-refractivity contribution in [3.8, 4) is 0 Å². The summed E-state index contributed by atoms with van der Waals surface area (Å²) in [4.78, 5) is 0. The van der Waals surface area contributed by atoms with Gasteiger partial charge in [0, 0.05) is 24.5 Å². The summed E-state index contributed by atoms with van der Waals surface area (Å²) in [6, 6.07) is 7.79. The van der Waals surface area contributed by atoms with Crippen LogP contribution in [-0.2, 0) is 0 Å². The number of anilines is 1. The standard InChI is InChI=1S/C10H15N3/c1-8(12)9-2-4-10(5-3-9)13-7-6-11/h2-5,13H,1,6-7,11-12H2. The zero-order valence-corrected chi connectivity index (χ0v) is 7.59. The fourth-order valence-corrected chi connectivity index (χ4v) is 1.02. The largest absolute Gasteiger partial charge is 0.399 e. The van der Waals surface area contributed by atoms with Crippen LogP contribution >= 0.6 is 0 Å². The Hall–Kier alpha value is -1.48. The second-order valence-corrected chi connectivity index (χ2v) is 2.82. The molecule has 0 atom stereocenters. The van der Waals surface area contributed by atoms with E-state index in [1.165, 1.54) is 0 Å². The Balaban J connectivity index is 2.64. The molecule has 5 N–H and O–H groups in total. The van der Waals surface area contributed by atoms with Gasteiger partial charge in [0.1, 0.15) is 0 Å². The van der Waals surface area contributed by atoms with E-state index in [0.717, 1.165) is 17.8 Å². The van der Waals surface area contributed by atoms with E-state index in [1.54, 1.807) is 0 Å². The number of nitrogens with one attached hydrogen (secondary N) is 1. The average molecular weight is 177 g/mol. The number of nitrogens with two attached hydrogens (primary N) is 2. The highest BCUT2D eigenvalue weighted by molar-refractivity contribution is 5.62. The summed E-state index contributed by atoms with van der Waals surface area (Å²) in [6.07, 6.45) is 0. The Bertz CT molecular complexity index is 277. The summed E-state index contributed by atoms with van der Waals surface area (Å²) in [5.41, 5.74) is 13.5. The molecule has 0 amide bonds. The predicted octanol–water partition coefficient (Wildman–Crippen LogP) is 0.987. The Morgan fingerprint density at radius 3 is 2.38 bits per heavy atom. The highest BCUT2D eigenvalue weighted by Crippen LogP contribution is 2.12. The molecule has 0 radical (unpaired) electrons. The van der Waals surface area contributed by atoms with Crippen molar-refractivity contribution in [2.24, 2.45) is 11.5 Å². The Kier molecular flexibility index (Phi) is 3.34. The smallest absolute Gasteiger partial charge is 0.0341 e. The van der Waals surface area contributed by atoms with E-state index in [2.05, 4.69) is 11.9 Å². The molecule has 0 aliphatic rings. The van der Waals surface area contributed by atoms with Crippen LogP contribution in [0.15, 0.2) is 30.8 Å². The molecule has 3 heteroatoms. The maximum atomic E-state index is 5.53. The minimum Gasteiger partial charge on any atom is -0.399 e. The van der Waals surface area contributed by atoms with Crippen molar-refractivity contribution in [3.63, 3.8) is 0 Å². The lowest BCUT2D eigenvalue weighted by molar-refractivity contribution is 1.02. The molecule has 0 aliphatic heterocycles. The quantitative estimate of drug-likeness (QED) is 0.642.